The van der Waals surface area contributed by atoms with Crippen LogP contribution in [0.15, 0.2) is 30.3 Å². The van der Waals surface area contributed by atoms with Gasteiger partial charge in [0.2, 0.25) is 0 Å². The summed E-state index contributed by atoms with van der Waals surface area (Å²) in [6, 6.07) is 8.03. The molecule has 0 aromatic heterocycles. The summed E-state index contributed by atoms with van der Waals surface area (Å²) in [7, 11) is 0. The molecule has 0 fully saturated rings. The molecule has 1 aliphatic heterocycles. The largest absolute Gasteiger partial charge is 0 e. The van der Waals surface area contributed by atoms with E-state index in [1.165, 1.54) is 5.56 Å². The average Bonchev–Trinajstić information content (AvgIpc) is 2.05. The molecule has 1 aliphatic rings. The van der Waals surface area contributed by atoms with Gasteiger partial charge in [-0.2, -0.15) is 0 Å². The van der Waals surface area contributed by atoms with Gasteiger partial charge in [0, 0.05) is 69.4 Å². The first-order chi connectivity index (χ1) is 4.97. The standard InChI is InChI=1S/C9H8O.Al.Cd.Mn.Sr.Zn.5H/c1-2-6-9-8(4-1)5-3-7-10-9;;;;;;;;;;/h1-6H,7H2;;;;;;;;;;. The summed E-state index contributed by atoms with van der Waals surface area (Å²) >= 11 is 0. The zero-order chi connectivity index (χ0) is 6.81. The molecule has 0 saturated heterocycles. The maximum absolute atomic E-state index is 5.34. The predicted octanol–water partition coefficient (Wildman–Crippen LogP) is -0.0154. The van der Waals surface area contributed by atoms with Gasteiger partial charge in [-0.05, 0) is 12.1 Å². The molecule has 0 saturated carbocycles. The first-order valence-electron chi connectivity index (χ1n) is 3.35. The monoisotopic (exact) mass is 485 g/mol. The van der Waals surface area contributed by atoms with Crippen molar-refractivity contribution in [2.75, 3.05) is 6.61 Å². The number of hydrogen-bond acceptors (Lipinski definition) is 1. The van der Waals surface area contributed by atoms with Crippen molar-refractivity contribution >= 4 is 68.9 Å². The van der Waals surface area contributed by atoms with E-state index in [4.69, 9.17) is 4.74 Å². The fourth-order valence-corrected chi connectivity index (χ4v) is 1.06. The van der Waals surface area contributed by atoms with Crippen molar-refractivity contribution in [1.82, 2.24) is 0 Å². The Morgan fingerprint density at radius 1 is 1.13 bits per heavy atom. The molecule has 0 bridgehead atoms. The van der Waals surface area contributed by atoms with Crippen LogP contribution in [-0.4, -0.2) is 69.4 Å². The molecule has 0 aliphatic carbocycles. The molecule has 0 N–H and O–H groups in total. The van der Waals surface area contributed by atoms with Crippen LogP contribution in [0.25, 0.3) is 6.08 Å². The van der Waals surface area contributed by atoms with E-state index in [2.05, 4.69) is 6.08 Å². The van der Waals surface area contributed by atoms with E-state index < -0.39 is 0 Å². The van der Waals surface area contributed by atoms with Crippen LogP contribution in [0.5, 0.6) is 5.75 Å². The van der Waals surface area contributed by atoms with E-state index in [-0.39, 0.29) is 127 Å². The van der Waals surface area contributed by atoms with Crippen molar-refractivity contribution in [3.05, 3.63) is 35.9 Å². The SMILES string of the molecule is C1=Cc2ccccc2OC1.[AlH3].[Cd].[Mn].[SrH2].[Zn]. The zero-order valence-corrected chi connectivity index (χ0v) is 15.6. The van der Waals surface area contributed by atoms with E-state index in [1.54, 1.807) is 0 Å². The zero-order valence-electron chi connectivity index (χ0n) is 7.37. The summed E-state index contributed by atoms with van der Waals surface area (Å²) in [6.07, 6.45) is 4.10. The summed E-state index contributed by atoms with van der Waals surface area (Å²) in [5, 5.41) is 0. The van der Waals surface area contributed by atoms with E-state index in [1.807, 2.05) is 30.3 Å². The number of fused-ring (bicyclic) bond motifs is 1. The Bertz CT molecular complexity index is 289. The van der Waals surface area contributed by atoms with Crippen molar-refractivity contribution in [2.24, 2.45) is 0 Å². The van der Waals surface area contributed by atoms with Crippen LogP contribution in [0.2, 0.25) is 0 Å². The van der Waals surface area contributed by atoms with Gasteiger partial charge in [0.1, 0.15) is 12.4 Å². The Labute approximate surface area is 182 Å². The molecule has 0 atom stereocenters. The van der Waals surface area contributed by atoms with Gasteiger partial charge >= 0.3 is 45.5 Å². The van der Waals surface area contributed by atoms with Crippen molar-refractivity contribution in [1.29, 1.82) is 0 Å². The Hall–Kier alpha value is 2.84. The van der Waals surface area contributed by atoms with Gasteiger partial charge in [-0.15, -0.1) is 0 Å². The van der Waals surface area contributed by atoms with E-state index in [0.717, 1.165) is 5.75 Å². The van der Waals surface area contributed by atoms with Crippen molar-refractivity contribution in [3.63, 3.8) is 0 Å². The Morgan fingerprint density at radius 3 is 2.33 bits per heavy atom. The van der Waals surface area contributed by atoms with Crippen LogP contribution in [0.1, 0.15) is 5.56 Å². The summed E-state index contributed by atoms with van der Waals surface area (Å²) in [5.74, 6) is 0.991. The van der Waals surface area contributed by atoms with E-state index >= 15 is 0 Å². The topological polar surface area (TPSA) is 9.23 Å². The van der Waals surface area contributed by atoms with Crippen molar-refractivity contribution in [3.8, 4) is 5.75 Å². The van der Waals surface area contributed by atoms with Crippen molar-refractivity contribution < 1.29 is 68.6 Å². The van der Waals surface area contributed by atoms with Gasteiger partial charge in [0.25, 0.3) is 0 Å². The second-order valence-electron chi connectivity index (χ2n) is 2.25. The number of benzene rings is 1. The van der Waals surface area contributed by atoms with Crippen LogP contribution < -0.4 is 4.74 Å². The van der Waals surface area contributed by atoms with Crippen LogP contribution in [0.4, 0.5) is 0 Å². The normalized spacial score (nSPS) is 9.33. The second kappa shape index (κ2) is 14.9. The third-order valence-corrected chi connectivity index (χ3v) is 1.55. The predicted molar refractivity (Wildman–Crippen MR) is 59.5 cm³/mol. The first kappa shape index (κ1) is 26.4. The minimum atomic E-state index is 0. The fourth-order valence-electron chi connectivity index (χ4n) is 1.06. The third-order valence-electron chi connectivity index (χ3n) is 1.55. The molecule has 15 heavy (non-hydrogen) atoms. The molecular formula is C9H13AlCdMnOSrZn. The maximum Gasteiger partial charge on any atom is 0 e. The molecule has 1 aromatic carbocycles. The first-order valence-corrected chi connectivity index (χ1v) is 3.35. The van der Waals surface area contributed by atoms with Gasteiger partial charge in [0.15, 0.2) is 17.4 Å². The Balaban J connectivity index is -0.000000121. The molecule has 1 nitrogen and oxygen atoms in total. The average molecular weight is 485 g/mol. The molecule has 0 unspecified atom stereocenters. The number of rotatable bonds is 0. The quantitative estimate of drug-likeness (QED) is 0.471. The van der Waals surface area contributed by atoms with Crippen LogP contribution in [-0.2, 0) is 63.8 Å². The summed E-state index contributed by atoms with van der Waals surface area (Å²) in [5.41, 5.74) is 1.17. The second-order valence-corrected chi connectivity index (χ2v) is 2.25. The summed E-state index contributed by atoms with van der Waals surface area (Å²) in [6.45, 7) is 0.705. The third kappa shape index (κ3) is 8.54. The number of hydrogen-bond donors (Lipinski definition) is 0. The van der Waals surface area contributed by atoms with Crippen LogP contribution in [0.3, 0.4) is 0 Å². The van der Waals surface area contributed by atoms with E-state index in [9.17, 15) is 0 Å². The Morgan fingerprint density at radius 2 is 1.73 bits per heavy atom. The minimum Gasteiger partial charge on any atom is 0 e. The minimum absolute atomic E-state index is 0. The summed E-state index contributed by atoms with van der Waals surface area (Å²) < 4.78 is 5.34. The molecule has 1 aromatic rings. The molecule has 0 amide bonds. The molecular weight excluding hydrogens is 471 g/mol. The molecule has 2 rings (SSSR count). The van der Waals surface area contributed by atoms with Gasteiger partial charge in [0.05, 0.1) is 0 Å². The molecule has 1 heterocycles. The van der Waals surface area contributed by atoms with Gasteiger partial charge in [-0.3, -0.25) is 0 Å². The van der Waals surface area contributed by atoms with Gasteiger partial charge in [-0.25, -0.2) is 0 Å². The number of ether oxygens (including phenoxy) is 1. The van der Waals surface area contributed by atoms with Crippen LogP contribution in [0, 0.1) is 0 Å². The molecule has 0 spiro atoms. The molecule has 6 heteroatoms. The molecule has 1 radical (unpaired) electrons. The maximum atomic E-state index is 5.34. The van der Waals surface area contributed by atoms with Gasteiger partial charge in [-0.1, -0.05) is 24.3 Å². The van der Waals surface area contributed by atoms with E-state index in [0.29, 0.717) is 6.61 Å². The number of para-hydroxylation sites is 1. The Kier molecular flexibility index (Phi) is 26.2. The fraction of sp³-hybridized carbons (Fsp3) is 0.111. The smallest absolute Gasteiger partial charge is 0 e. The molecule has 71 valence electrons. The summed E-state index contributed by atoms with van der Waals surface area (Å²) in [4.78, 5) is 0. The van der Waals surface area contributed by atoms with Crippen LogP contribution >= 0.6 is 0 Å². The van der Waals surface area contributed by atoms with Crippen molar-refractivity contribution in [2.45, 2.75) is 0 Å². The van der Waals surface area contributed by atoms with Gasteiger partial charge < -0.3 is 4.74 Å².